The fraction of sp³-hybridized carbons (Fsp3) is 0.167. The molecule has 2 amide bonds. The molecule has 0 unspecified atom stereocenters. The highest BCUT2D eigenvalue weighted by atomic mass is 32.2. The first-order chi connectivity index (χ1) is 14.7. The number of nitrogens with one attached hydrogen (secondary N) is 2. The molecular formula is C24H22N2O3S. The molecule has 2 N–H and O–H groups in total. The van der Waals surface area contributed by atoms with Crippen LogP contribution in [0.5, 0.6) is 0 Å². The number of rotatable bonds is 6. The monoisotopic (exact) mass is 418 g/mol. The molecule has 3 aromatic rings. The Morgan fingerprint density at radius 1 is 1.00 bits per heavy atom. The molecule has 6 heteroatoms. The Labute approximate surface area is 179 Å². The van der Waals surface area contributed by atoms with E-state index in [0.717, 1.165) is 15.8 Å². The first kappa shape index (κ1) is 20.0. The van der Waals surface area contributed by atoms with Crippen LogP contribution in [0.1, 0.15) is 18.5 Å². The highest BCUT2D eigenvalue weighted by Gasteiger charge is 2.33. The van der Waals surface area contributed by atoms with E-state index in [1.165, 1.54) is 5.39 Å². The SMILES string of the molecule is CCOC(=O)C1=C(CSc2ccc3ccccc3c2)NC(=O)N[C@H]1c1ccccc1. The van der Waals surface area contributed by atoms with Crippen LogP contribution in [0.15, 0.2) is 89.0 Å². The maximum Gasteiger partial charge on any atom is 0.338 e. The van der Waals surface area contributed by atoms with Crippen molar-refractivity contribution in [3.63, 3.8) is 0 Å². The van der Waals surface area contributed by atoms with Crippen molar-refractivity contribution in [3.05, 3.63) is 89.6 Å². The second kappa shape index (κ2) is 9.05. The van der Waals surface area contributed by atoms with Gasteiger partial charge in [0.15, 0.2) is 0 Å². The van der Waals surface area contributed by atoms with E-state index in [9.17, 15) is 9.59 Å². The third-order valence-electron chi connectivity index (χ3n) is 4.89. The zero-order valence-corrected chi connectivity index (χ0v) is 17.4. The van der Waals surface area contributed by atoms with Gasteiger partial charge < -0.3 is 15.4 Å². The van der Waals surface area contributed by atoms with Gasteiger partial charge in [0.1, 0.15) is 0 Å². The van der Waals surface area contributed by atoms with Crippen molar-refractivity contribution in [2.75, 3.05) is 12.4 Å². The summed E-state index contributed by atoms with van der Waals surface area (Å²) in [5, 5.41) is 8.00. The van der Waals surface area contributed by atoms with E-state index in [0.29, 0.717) is 17.0 Å². The first-order valence-electron chi connectivity index (χ1n) is 9.80. The zero-order chi connectivity index (χ0) is 20.9. The number of thioether (sulfide) groups is 1. The molecule has 0 aromatic heterocycles. The number of amides is 2. The van der Waals surface area contributed by atoms with Crippen LogP contribution in [0.2, 0.25) is 0 Å². The van der Waals surface area contributed by atoms with Crippen molar-refractivity contribution >= 4 is 34.5 Å². The molecule has 0 spiro atoms. The Morgan fingerprint density at radius 3 is 2.50 bits per heavy atom. The minimum Gasteiger partial charge on any atom is -0.463 e. The molecule has 0 saturated heterocycles. The summed E-state index contributed by atoms with van der Waals surface area (Å²) in [5.74, 6) is 0.0245. The molecule has 0 radical (unpaired) electrons. The molecule has 3 aromatic carbocycles. The second-order valence-corrected chi connectivity index (χ2v) is 7.90. The molecule has 0 aliphatic carbocycles. The Morgan fingerprint density at radius 2 is 1.73 bits per heavy atom. The lowest BCUT2D eigenvalue weighted by Gasteiger charge is -2.29. The molecule has 0 fully saturated rings. The van der Waals surface area contributed by atoms with Crippen LogP contribution in [0.4, 0.5) is 4.79 Å². The molecule has 0 saturated carbocycles. The normalized spacial score (nSPS) is 16.2. The Balaban J connectivity index is 1.66. The fourth-order valence-electron chi connectivity index (χ4n) is 3.49. The molecule has 1 heterocycles. The van der Waals surface area contributed by atoms with Gasteiger partial charge in [-0.1, -0.05) is 60.7 Å². The molecule has 1 aliphatic heterocycles. The lowest BCUT2D eigenvalue weighted by atomic mass is 9.95. The van der Waals surface area contributed by atoms with Gasteiger partial charge in [0.2, 0.25) is 0 Å². The molecule has 1 atom stereocenters. The third-order valence-corrected chi connectivity index (χ3v) is 5.91. The highest BCUT2D eigenvalue weighted by molar-refractivity contribution is 7.99. The number of esters is 1. The standard InChI is InChI=1S/C24H22N2O3S/c1-2-29-23(27)21-20(25-24(28)26-22(21)17-9-4-3-5-10-17)15-30-19-13-12-16-8-6-7-11-18(16)14-19/h3-14,22H,2,15H2,1H3,(H2,25,26,28)/t22-/m0/s1. The van der Waals surface area contributed by atoms with E-state index >= 15 is 0 Å². The van der Waals surface area contributed by atoms with E-state index in [4.69, 9.17) is 4.74 Å². The van der Waals surface area contributed by atoms with Gasteiger partial charge in [-0.2, -0.15) is 0 Å². The predicted octanol–water partition coefficient (Wildman–Crippen LogP) is 4.80. The van der Waals surface area contributed by atoms with Gasteiger partial charge in [0.25, 0.3) is 0 Å². The zero-order valence-electron chi connectivity index (χ0n) is 16.6. The quantitative estimate of drug-likeness (QED) is 0.446. The van der Waals surface area contributed by atoms with Gasteiger partial charge >= 0.3 is 12.0 Å². The van der Waals surface area contributed by atoms with Crippen molar-refractivity contribution in [2.24, 2.45) is 0 Å². The van der Waals surface area contributed by atoms with Crippen molar-refractivity contribution in [3.8, 4) is 0 Å². The predicted molar refractivity (Wildman–Crippen MR) is 119 cm³/mol. The Hall–Kier alpha value is -3.25. The first-order valence-corrected chi connectivity index (χ1v) is 10.8. The summed E-state index contributed by atoms with van der Waals surface area (Å²) in [6, 6.07) is 23.0. The third kappa shape index (κ3) is 4.33. The molecule has 152 valence electrons. The maximum absolute atomic E-state index is 12.8. The van der Waals surface area contributed by atoms with Crippen LogP contribution < -0.4 is 10.6 Å². The lowest BCUT2D eigenvalue weighted by Crippen LogP contribution is -2.46. The van der Waals surface area contributed by atoms with E-state index in [-0.39, 0.29) is 12.6 Å². The van der Waals surface area contributed by atoms with Gasteiger partial charge in [-0.05, 0) is 35.4 Å². The molecule has 30 heavy (non-hydrogen) atoms. The smallest absolute Gasteiger partial charge is 0.338 e. The molecule has 4 rings (SSSR count). The summed E-state index contributed by atoms with van der Waals surface area (Å²) in [6.07, 6.45) is 0. The number of urea groups is 1. The highest BCUT2D eigenvalue weighted by Crippen LogP contribution is 2.31. The number of hydrogen-bond donors (Lipinski definition) is 2. The number of carbonyl (C=O) groups excluding carboxylic acids is 2. The van der Waals surface area contributed by atoms with Gasteiger partial charge in [0.05, 0.1) is 18.2 Å². The van der Waals surface area contributed by atoms with E-state index in [1.807, 2.05) is 42.5 Å². The summed E-state index contributed by atoms with van der Waals surface area (Å²) in [7, 11) is 0. The van der Waals surface area contributed by atoms with Crippen LogP contribution in [-0.2, 0) is 9.53 Å². The number of carbonyl (C=O) groups is 2. The van der Waals surface area contributed by atoms with Crippen LogP contribution in [0, 0.1) is 0 Å². The molecule has 1 aliphatic rings. The van der Waals surface area contributed by atoms with Gasteiger partial charge in [-0.15, -0.1) is 11.8 Å². The average Bonchev–Trinajstić information content (AvgIpc) is 2.78. The largest absolute Gasteiger partial charge is 0.463 e. The average molecular weight is 419 g/mol. The topological polar surface area (TPSA) is 67.4 Å². The van der Waals surface area contributed by atoms with Gasteiger partial charge in [0, 0.05) is 16.3 Å². The summed E-state index contributed by atoms with van der Waals surface area (Å²) >= 11 is 1.57. The van der Waals surface area contributed by atoms with E-state index < -0.39 is 12.0 Å². The Kier molecular flexibility index (Phi) is 6.05. The van der Waals surface area contributed by atoms with Crippen LogP contribution >= 0.6 is 11.8 Å². The minimum atomic E-state index is -0.550. The molecule has 0 bridgehead atoms. The Bertz CT molecular complexity index is 1110. The second-order valence-electron chi connectivity index (χ2n) is 6.85. The fourth-order valence-corrected chi connectivity index (χ4v) is 4.40. The minimum absolute atomic E-state index is 0.267. The summed E-state index contributed by atoms with van der Waals surface area (Å²) in [6.45, 7) is 2.04. The summed E-state index contributed by atoms with van der Waals surface area (Å²) < 4.78 is 5.31. The maximum atomic E-state index is 12.8. The number of hydrogen-bond acceptors (Lipinski definition) is 4. The van der Waals surface area contributed by atoms with E-state index in [2.05, 4.69) is 41.0 Å². The van der Waals surface area contributed by atoms with Crippen molar-refractivity contribution in [1.82, 2.24) is 10.6 Å². The van der Waals surface area contributed by atoms with Gasteiger partial charge in [-0.3, -0.25) is 0 Å². The van der Waals surface area contributed by atoms with Crippen molar-refractivity contribution < 1.29 is 14.3 Å². The summed E-state index contributed by atoms with van der Waals surface area (Å²) in [4.78, 5) is 26.2. The number of fused-ring (bicyclic) bond motifs is 1. The number of ether oxygens (including phenoxy) is 1. The molecule has 5 nitrogen and oxygen atoms in total. The van der Waals surface area contributed by atoms with Crippen molar-refractivity contribution in [2.45, 2.75) is 17.9 Å². The van der Waals surface area contributed by atoms with Crippen LogP contribution in [0.3, 0.4) is 0 Å². The lowest BCUT2D eigenvalue weighted by molar-refractivity contribution is -0.139. The van der Waals surface area contributed by atoms with Crippen LogP contribution in [-0.4, -0.2) is 24.4 Å². The van der Waals surface area contributed by atoms with E-state index in [1.54, 1.807) is 18.7 Å². The molecular weight excluding hydrogens is 396 g/mol. The number of benzene rings is 3. The van der Waals surface area contributed by atoms with Crippen LogP contribution in [0.25, 0.3) is 10.8 Å². The van der Waals surface area contributed by atoms with Crippen molar-refractivity contribution in [1.29, 1.82) is 0 Å². The summed E-state index contributed by atoms with van der Waals surface area (Å²) in [5.41, 5.74) is 1.85. The van der Waals surface area contributed by atoms with Gasteiger partial charge in [-0.25, -0.2) is 9.59 Å².